The molecule has 3 aromatic carbocycles. The Hall–Kier alpha value is -2.76. The summed E-state index contributed by atoms with van der Waals surface area (Å²) in [7, 11) is 0. The molecule has 0 spiro atoms. The largest absolute Gasteiger partial charge is 0.486 e. The van der Waals surface area contributed by atoms with Crippen LogP contribution in [-0.4, -0.2) is 11.1 Å². The van der Waals surface area contributed by atoms with E-state index in [1.165, 1.54) is 12.1 Å². The Morgan fingerprint density at radius 3 is 2.45 bits per heavy atom. The smallest absolute Gasteiger partial charge is 0.303 e. The Morgan fingerprint density at radius 1 is 0.931 bits per heavy atom. The summed E-state index contributed by atoms with van der Waals surface area (Å²) in [5.41, 5.74) is 1.39. The first-order chi connectivity index (χ1) is 13.9. The molecule has 0 heterocycles. The molecular weight excluding hydrogens is 418 g/mol. The van der Waals surface area contributed by atoms with Crippen molar-refractivity contribution in [2.45, 2.75) is 19.4 Å². The molecule has 0 aliphatic rings. The van der Waals surface area contributed by atoms with Crippen LogP contribution in [0.4, 0.5) is 4.39 Å². The van der Waals surface area contributed by atoms with E-state index in [2.05, 4.69) is 0 Å². The van der Waals surface area contributed by atoms with Crippen molar-refractivity contribution >= 4 is 29.2 Å². The minimum atomic E-state index is -0.922. The summed E-state index contributed by atoms with van der Waals surface area (Å²) in [6.07, 6.45) is 0.214. The van der Waals surface area contributed by atoms with Gasteiger partial charge >= 0.3 is 5.97 Å². The number of hydrogen-bond acceptors (Lipinski definition) is 3. The highest BCUT2D eigenvalue weighted by Crippen LogP contribution is 2.30. The quantitative estimate of drug-likeness (QED) is 0.438. The van der Waals surface area contributed by atoms with Crippen molar-refractivity contribution in [3.05, 3.63) is 87.7 Å². The van der Waals surface area contributed by atoms with Crippen LogP contribution >= 0.6 is 23.2 Å². The normalized spacial score (nSPS) is 10.6. The second-order valence-corrected chi connectivity index (χ2v) is 7.09. The first-order valence-electron chi connectivity index (χ1n) is 8.75. The number of halogens is 3. The number of carboxylic acid groups (broad SMARTS) is 1. The number of hydrogen-bond donors (Lipinski definition) is 1. The lowest BCUT2D eigenvalue weighted by Gasteiger charge is -2.11. The summed E-state index contributed by atoms with van der Waals surface area (Å²) in [5.74, 6) is -0.237. The van der Waals surface area contributed by atoms with Gasteiger partial charge in [-0.15, -0.1) is 0 Å². The predicted molar refractivity (Wildman–Crippen MR) is 110 cm³/mol. The molecule has 0 atom stereocenters. The Morgan fingerprint density at radius 2 is 1.72 bits per heavy atom. The fourth-order valence-electron chi connectivity index (χ4n) is 2.60. The van der Waals surface area contributed by atoms with Crippen molar-refractivity contribution in [3.63, 3.8) is 0 Å². The van der Waals surface area contributed by atoms with Crippen molar-refractivity contribution in [3.8, 4) is 17.2 Å². The molecule has 4 nitrogen and oxygen atoms in total. The molecule has 0 amide bonds. The SMILES string of the molecule is O=C(O)CCc1ccc(OCc2cccc(Oc3ccc(Cl)c(Cl)c3)c2)c(F)c1. The minimum absolute atomic E-state index is 0.0503. The maximum atomic E-state index is 14.2. The number of rotatable bonds is 8. The van der Waals surface area contributed by atoms with Gasteiger partial charge in [-0.1, -0.05) is 41.4 Å². The molecule has 29 heavy (non-hydrogen) atoms. The van der Waals surface area contributed by atoms with Gasteiger partial charge in [-0.3, -0.25) is 4.79 Å². The second kappa shape index (κ2) is 9.63. The summed E-state index contributed by atoms with van der Waals surface area (Å²) in [6.45, 7) is 0.143. The zero-order valence-electron chi connectivity index (χ0n) is 15.2. The van der Waals surface area contributed by atoms with Crippen molar-refractivity contribution in [1.82, 2.24) is 0 Å². The molecule has 7 heteroatoms. The van der Waals surface area contributed by atoms with Gasteiger partial charge in [0.1, 0.15) is 18.1 Å². The van der Waals surface area contributed by atoms with E-state index >= 15 is 0 Å². The van der Waals surface area contributed by atoms with Gasteiger partial charge in [0.2, 0.25) is 0 Å². The topological polar surface area (TPSA) is 55.8 Å². The van der Waals surface area contributed by atoms with E-state index in [0.29, 0.717) is 27.1 Å². The van der Waals surface area contributed by atoms with Crippen molar-refractivity contribution < 1.29 is 23.8 Å². The van der Waals surface area contributed by atoms with Crippen molar-refractivity contribution in [2.75, 3.05) is 0 Å². The number of aryl methyl sites for hydroxylation is 1. The third-order valence-corrected chi connectivity index (χ3v) is 4.78. The third kappa shape index (κ3) is 6.11. The number of aliphatic carboxylic acids is 1. The second-order valence-electron chi connectivity index (χ2n) is 6.27. The Bertz CT molecular complexity index is 1020. The lowest BCUT2D eigenvalue weighted by Crippen LogP contribution is -2.00. The van der Waals surface area contributed by atoms with Gasteiger partial charge in [-0.2, -0.15) is 0 Å². The zero-order valence-corrected chi connectivity index (χ0v) is 16.7. The molecule has 0 aliphatic heterocycles. The van der Waals surface area contributed by atoms with E-state index in [9.17, 15) is 9.18 Å². The van der Waals surface area contributed by atoms with Gasteiger partial charge in [0.05, 0.1) is 10.0 Å². The van der Waals surface area contributed by atoms with E-state index in [-0.39, 0.29) is 25.2 Å². The van der Waals surface area contributed by atoms with Gasteiger partial charge < -0.3 is 14.6 Å². The van der Waals surface area contributed by atoms with E-state index in [0.717, 1.165) is 5.56 Å². The van der Waals surface area contributed by atoms with Gasteiger partial charge in [0.25, 0.3) is 0 Å². The van der Waals surface area contributed by atoms with Crippen LogP contribution in [0.1, 0.15) is 17.5 Å². The first kappa shape index (κ1) is 21.0. The van der Waals surface area contributed by atoms with Gasteiger partial charge in [0.15, 0.2) is 11.6 Å². The summed E-state index contributed by atoms with van der Waals surface area (Å²) < 4.78 is 25.5. The molecule has 0 fully saturated rings. The molecule has 0 radical (unpaired) electrons. The monoisotopic (exact) mass is 434 g/mol. The number of carboxylic acids is 1. The van der Waals surface area contributed by atoms with Crippen LogP contribution in [0, 0.1) is 5.82 Å². The zero-order chi connectivity index (χ0) is 20.8. The number of ether oxygens (including phenoxy) is 2. The Kier molecular flexibility index (Phi) is 6.96. The standard InChI is InChI=1S/C22H17Cl2FO4/c23-18-7-6-17(12-19(18)24)29-16-3-1-2-15(10-16)13-28-21-8-4-14(11-20(21)25)5-9-22(26)27/h1-4,6-8,10-12H,5,9,13H2,(H,26,27). The lowest BCUT2D eigenvalue weighted by atomic mass is 10.1. The van der Waals surface area contributed by atoms with E-state index in [4.69, 9.17) is 37.8 Å². The van der Waals surface area contributed by atoms with E-state index in [1.54, 1.807) is 42.5 Å². The van der Waals surface area contributed by atoms with Crippen molar-refractivity contribution in [1.29, 1.82) is 0 Å². The molecule has 0 unspecified atom stereocenters. The maximum Gasteiger partial charge on any atom is 0.303 e. The number of benzene rings is 3. The molecular formula is C22H17Cl2FO4. The maximum absolute atomic E-state index is 14.2. The molecule has 3 aromatic rings. The molecule has 0 aromatic heterocycles. The highest BCUT2D eigenvalue weighted by Gasteiger charge is 2.08. The van der Waals surface area contributed by atoms with Crippen LogP contribution in [-0.2, 0) is 17.8 Å². The highest BCUT2D eigenvalue weighted by molar-refractivity contribution is 6.42. The Labute approximate surface area is 177 Å². The highest BCUT2D eigenvalue weighted by atomic mass is 35.5. The number of carbonyl (C=O) groups is 1. The van der Waals surface area contributed by atoms with Crippen LogP contribution < -0.4 is 9.47 Å². The van der Waals surface area contributed by atoms with Crippen LogP contribution in [0.25, 0.3) is 0 Å². The van der Waals surface area contributed by atoms with Crippen LogP contribution in [0.2, 0.25) is 10.0 Å². The molecule has 0 aliphatic carbocycles. The summed E-state index contributed by atoms with van der Waals surface area (Å²) in [6, 6.07) is 16.6. The average Bonchev–Trinajstić information content (AvgIpc) is 2.69. The molecule has 3 rings (SSSR count). The van der Waals surface area contributed by atoms with E-state index in [1.807, 2.05) is 6.07 Å². The predicted octanol–water partition coefficient (Wildman–Crippen LogP) is 6.52. The van der Waals surface area contributed by atoms with Gasteiger partial charge in [-0.05, 0) is 53.9 Å². The van der Waals surface area contributed by atoms with Gasteiger partial charge in [-0.25, -0.2) is 4.39 Å². The lowest BCUT2D eigenvalue weighted by molar-refractivity contribution is -0.136. The molecule has 0 saturated carbocycles. The molecule has 0 saturated heterocycles. The minimum Gasteiger partial charge on any atom is -0.486 e. The summed E-state index contributed by atoms with van der Waals surface area (Å²) in [4.78, 5) is 10.6. The van der Waals surface area contributed by atoms with E-state index < -0.39 is 11.8 Å². The molecule has 1 N–H and O–H groups in total. The average molecular weight is 435 g/mol. The molecule has 150 valence electrons. The van der Waals surface area contributed by atoms with Crippen LogP contribution in [0.15, 0.2) is 60.7 Å². The molecule has 0 bridgehead atoms. The fourth-order valence-corrected chi connectivity index (χ4v) is 2.89. The third-order valence-electron chi connectivity index (χ3n) is 4.04. The summed E-state index contributed by atoms with van der Waals surface area (Å²) in [5, 5.41) is 9.55. The van der Waals surface area contributed by atoms with Crippen molar-refractivity contribution in [2.24, 2.45) is 0 Å². The summed E-state index contributed by atoms with van der Waals surface area (Å²) >= 11 is 11.9. The van der Waals surface area contributed by atoms with Crippen LogP contribution in [0.5, 0.6) is 17.2 Å². The van der Waals surface area contributed by atoms with Gasteiger partial charge in [0, 0.05) is 12.5 Å². The Balaban J connectivity index is 1.63. The van der Waals surface area contributed by atoms with Crippen LogP contribution in [0.3, 0.4) is 0 Å². The fraction of sp³-hybridized carbons (Fsp3) is 0.136. The first-order valence-corrected chi connectivity index (χ1v) is 9.51.